The smallest absolute Gasteiger partial charge is 0.220 e. The zero-order valence-electron chi connectivity index (χ0n) is 19.5. The van der Waals surface area contributed by atoms with Crippen LogP contribution in [-0.4, -0.2) is 56.1 Å². The van der Waals surface area contributed by atoms with Crippen LogP contribution in [0.1, 0.15) is 37.8 Å². The summed E-state index contributed by atoms with van der Waals surface area (Å²) in [7, 11) is 1.64. The molecule has 2 atom stereocenters. The number of nitrogens with one attached hydrogen (secondary N) is 2. The molecule has 0 spiro atoms. The lowest BCUT2D eigenvalue weighted by Gasteiger charge is -2.25. The number of aliphatic hydroxyl groups excluding tert-OH is 1. The van der Waals surface area contributed by atoms with Crippen LogP contribution in [0.15, 0.2) is 54.6 Å². The van der Waals surface area contributed by atoms with Gasteiger partial charge in [-0.05, 0) is 49.1 Å². The Morgan fingerprint density at radius 2 is 1.72 bits per heavy atom. The first-order chi connectivity index (χ1) is 15.5. The van der Waals surface area contributed by atoms with Gasteiger partial charge >= 0.3 is 0 Å². The molecule has 1 amide bonds. The molecule has 0 saturated carbocycles. The molecule has 6 heteroatoms. The molecule has 0 aliphatic rings. The molecule has 2 aromatic carbocycles. The van der Waals surface area contributed by atoms with Crippen LogP contribution in [0.5, 0.6) is 5.75 Å². The Morgan fingerprint density at radius 3 is 2.38 bits per heavy atom. The van der Waals surface area contributed by atoms with E-state index in [1.54, 1.807) is 7.11 Å². The molecule has 2 rings (SSSR count). The predicted octanol–water partition coefficient (Wildman–Crippen LogP) is 3.12. The second kappa shape index (κ2) is 14.6. The number of amides is 1. The van der Waals surface area contributed by atoms with Crippen molar-refractivity contribution < 1.29 is 19.4 Å². The highest BCUT2D eigenvalue weighted by Crippen LogP contribution is 2.14. The molecule has 0 aliphatic carbocycles. The SMILES string of the molecule is COCCOc1ccc(CCC(=O)NC(Cc2ccccc2)C(O)CCNC(C)C)cc1. The van der Waals surface area contributed by atoms with Crippen molar-refractivity contribution in [1.82, 2.24) is 10.6 Å². The highest BCUT2D eigenvalue weighted by atomic mass is 16.5. The molecule has 2 unspecified atom stereocenters. The minimum absolute atomic E-state index is 0.0535. The summed E-state index contributed by atoms with van der Waals surface area (Å²) in [5, 5.41) is 17.1. The summed E-state index contributed by atoms with van der Waals surface area (Å²) in [6.07, 6.45) is 1.57. The average molecular weight is 443 g/mol. The van der Waals surface area contributed by atoms with Crippen molar-refractivity contribution in [2.75, 3.05) is 26.9 Å². The first-order valence-corrected chi connectivity index (χ1v) is 11.4. The lowest BCUT2D eigenvalue weighted by atomic mass is 9.98. The molecule has 0 aliphatic heterocycles. The predicted molar refractivity (Wildman–Crippen MR) is 128 cm³/mol. The molecule has 0 fully saturated rings. The Kier molecular flexibility index (Phi) is 11.8. The normalized spacial score (nSPS) is 13.0. The maximum absolute atomic E-state index is 12.7. The Balaban J connectivity index is 1.87. The number of rotatable bonds is 15. The summed E-state index contributed by atoms with van der Waals surface area (Å²) >= 11 is 0. The van der Waals surface area contributed by atoms with Crippen molar-refractivity contribution in [3.8, 4) is 5.75 Å². The van der Waals surface area contributed by atoms with E-state index in [1.807, 2.05) is 54.6 Å². The molecule has 0 heterocycles. The van der Waals surface area contributed by atoms with Crippen LogP contribution in [0, 0.1) is 0 Å². The van der Waals surface area contributed by atoms with Crippen molar-refractivity contribution in [1.29, 1.82) is 0 Å². The Morgan fingerprint density at radius 1 is 1.00 bits per heavy atom. The van der Waals surface area contributed by atoms with Crippen molar-refractivity contribution in [2.45, 2.75) is 57.7 Å². The van der Waals surface area contributed by atoms with E-state index < -0.39 is 6.10 Å². The van der Waals surface area contributed by atoms with Gasteiger partial charge in [-0.25, -0.2) is 0 Å². The maximum atomic E-state index is 12.7. The van der Waals surface area contributed by atoms with Gasteiger partial charge in [-0.3, -0.25) is 4.79 Å². The van der Waals surface area contributed by atoms with Gasteiger partial charge in [0.25, 0.3) is 0 Å². The summed E-state index contributed by atoms with van der Waals surface area (Å²) in [5.41, 5.74) is 2.17. The van der Waals surface area contributed by atoms with Gasteiger partial charge in [-0.15, -0.1) is 0 Å². The molecular weight excluding hydrogens is 404 g/mol. The molecule has 0 saturated heterocycles. The molecule has 0 radical (unpaired) electrons. The highest BCUT2D eigenvalue weighted by Gasteiger charge is 2.21. The average Bonchev–Trinajstić information content (AvgIpc) is 2.78. The zero-order chi connectivity index (χ0) is 23.2. The van der Waals surface area contributed by atoms with Gasteiger partial charge in [0.2, 0.25) is 5.91 Å². The van der Waals surface area contributed by atoms with Crippen LogP contribution >= 0.6 is 0 Å². The van der Waals surface area contributed by atoms with E-state index >= 15 is 0 Å². The monoisotopic (exact) mass is 442 g/mol. The molecule has 176 valence electrons. The summed E-state index contributed by atoms with van der Waals surface area (Å²) < 4.78 is 10.6. The number of carbonyl (C=O) groups is 1. The number of benzene rings is 2. The van der Waals surface area contributed by atoms with Crippen LogP contribution in [0.4, 0.5) is 0 Å². The third kappa shape index (κ3) is 10.3. The third-order valence-electron chi connectivity index (χ3n) is 5.22. The van der Waals surface area contributed by atoms with Gasteiger partial charge in [0.15, 0.2) is 0 Å². The molecular formula is C26H38N2O4. The van der Waals surface area contributed by atoms with E-state index in [-0.39, 0.29) is 11.9 Å². The van der Waals surface area contributed by atoms with E-state index in [2.05, 4.69) is 24.5 Å². The van der Waals surface area contributed by atoms with Crippen LogP contribution in [0.25, 0.3) is 0 Å². The third-order valence-corrected chi connectivity index (χ3v) is 5.22. The number of hydrogen-bond donors (Lipinski definition) is 3. The largest absolute Gasteiger partial charge is 0.491 e. The number of carbonyl (C=O) groups excluding carboxylic acids is 1. The van der Waals surface area contributed by atoms with Crippen LogP contribution < -0.4 is 15.4 Å². The summed E-state index contributed by atoms with van der Waals surface area (Å²) in [6.45, 7) is 5.92. The van der Waals surface area contributed by atoms with E-state index in [4.69, 9.17) is 9.47 Å². The molecule has 0 aromatic heterocycles. The standard InChI is InChI=1S/C26H38N2O4/c1-20(2)27-16-15-25(29)24(19-22-7-5-4-6-8-22)28-26(30)14-11-21-9-12-23(13-10-21)32-18-17-31-3/h4-10,12-13,20,24-25,27,29H,11,14-19H2,1-3H3,(H,28,30). The summed E-state index contributed by atoms with van der Waals surface area (Å²) in [6, 6.07) is 17.8. The second-order valence-electron chi connectivity index (χ2n) is 8.31. The topological polar surface area (TPSA) is 79.8 Å². The van der Waals surface area contributed by atoms with E-state index in [1.165, 1.54) is 0 Å². The molecule has 32 heavy (non-hydrogen) atoms. The number of aryl methyl sites for hydroxylation is 1. The van der Waals surface area contributed by atoms with Crippen molar-refractivity contribution in [3.05, 3.63) is 65.7 Å². The van der Waals surface area contributed by atoms with E-state index in [0.717, 1.165) is 16.9 Å². The summed E-state index contributed by atoms with van der Waals surface area (Å²) in [4.78, 5) is 12.7. The van der Waals surface area contributed by atoms with Crippen molar-refractivity contribution in [3.63, 3.8) is 0 Å². The van der Waals surface area contributed by atoms with Gasteiger partial charge in [-0.2, -0.15) is 0 Å². The van der Waals surface area contributed by atoms with Gasteiger partial charge < -0.3 is 25.2 Å². The Hall–Kier alpha value is -2.41. The molecule has 2 aromatic rings. The first-order valence-electron chi connectivity index (χ1n) is 11.4. The Labute approximate surface area is 192 Å². The fourth-order valence-electron chi connectivity index (χ4n) is 3.40. The van der Waals surface area contributed by atoms with Gasteiger partial charge in [-0.1, -0.05) is 56.3 Å². The minimum atomic E-state index is -0.617. The van der Waals surface area contributed by atoms with E-state index in [9.17, 15) is 9.90 Å². The molecule has 6 nitrogen and oxygen atoms in total. The minimum Gasteiger partial charge on any atom is -0.491 e. The number of ether oxygens (including phenoxy) is 2. The number of methoxy groups -OCH3 is 1. The van der Waals surface area contributed by atoms with Crippen molar-refractivity contribution >= 4 is 5.91 Å². The Bertz CT molecular complexity index is 765. The van der Waals surface area contributed by atoms with Gasteiger partial charge in [0.05, 0.1) is 18.8 Å². The molecule has 0 bridgehead atoms. The van der Waals surface area contributed by atoms with Gasteiger partial charge in [0.1, 0.15) is 12.4 Å². The van der Waals surface area contributed by atoms with Crippen molar-refractivity contribution in [2.24, 2.45) is 0 Å². The lowest BCUT2D eigenvalue weighted by Crippen LogP contribution is -2.46. The van der Waals surface area contributed by atoms with Crippen LogP contribution in [0.2, 0.25) is 0 Å². The fraction of sp³-hybridized carbons (Fsp3) is 0.500. The lowest BCUT2D eigenvalue weighted by molar-refractivity contribution is -0.122. The zero-order valence-corrected chi connectivity index (χ0v) is 19.5. The van der Waals surface area contributed by atoms with Crippen LogP contribution in [-0.2, 0) is 22.4 Å². The second-order valence-corrected chi connectivity index (χ2v) is 8.31. The van der Waals surface area contributed by atoms with Gasteiger partial charge in [0, 0.05) is 19.6 Å². The van der Waals surface area contributed by atoms with E-state index in [0.29, 0.717) is 51.5 Å². The molecule has 3 N–H and O–H groups in total. The summed E-state index contributed by atoms with van der Waals surface area (Å²) in [5.74, 6) is 0.735. The number of aliphatic hydroxyl groups is 1. The quantitative estimate of drug-likeness (QED) is 0.369. The highest BCUT2D eigenvalue weighted by molar-refractivity contribution is 5.76. The first kappa shape index (κ1) is 25.8. The number of hydrogen-bond acceptors (Lipinski definition) is 5. The fourth-order valence-corrected chi connectivity index (χ4v) is 3.40. The van der Waals surface area contributed by atoms with Crippen LogP contribution in [0.3, 0.4) is 0 Å². The maximum Gasteiger partial charge on any atom is 0.220 e.